The zero-order valence-corrected chi connectivity index (χ0v) is 13.7. The number of nitro benzene ring substituents is 1. The Morgan fingerprint density at radius 3 is 2.60 bits per heavy atom. The number of nitrogens with zero attached hydrogens (tertiary/aromatic N) is 2. The molecule has 1 amide bonds. The summed E-state index contributed by atoms with van der Waals surface area (Å²) in [6.07, 6.45) is 0. The Kier molecular flexibility index (Phi) is 4.97. The van der Waals surface area contributed by atoms with E-state index < -0.39 is 16.5 Å². The SMILES string of the molecule is C/C(=N\NC(=O)c1ccc(C)c([N+](=O)[O-])c1)c1c(O)cc(C)oc1=O. The van der Waals surface area contributed by atoms with E-state index in [9.17, 15) is 24.8 Å². The van der Waals surface area contributed by atoms with Gasteiger partial charge in [-0.15, -0.1) is 0 Å². The minimum Gasteiger partial charge on any atom is -0.507 e. The normalized spacial score (nSPS) is 11.2. The summed E-state index contributed by atoms with van der Waals surface area (Å²) in [6.45, 7) is 4.46. The molecule has 0 fully saturated rings. The number of rotatable bonds is 4. The standard InChI is InChI=1S/C16H15N3O6/c1-8-4-5-11(7-12(8)19(23)24)15(21)18-17-10(3)14-13(20)6-9(2)25-16(14)22/h4-7,20H,1-3H3,(H,18,21)/b17-10+. The topological polar surface area (TPSA) is 135 Å². The molecule has 0 saturated carbocycles. The van der Waals surface area contributed by atoms with Crippen LogP contribution >= 0.6 is 0 Å². The van der Waals surface area contributed by atoms with Crippen LogP contribution in [0.1, 0.15) is 34.2 Å². The summed E-state index contributed by atoms with van der Waals surface area (Å²) in [5.74, 6) is -0.788. The van der Waals surface area contributed by atoms with Crippen molar-refractivity contribution in [2.45, 2.75) is 20.8 Å². The highest BCUT2D eigenvalue weighted by Gasteiger charge is 2.16. The Labute approximate surface area is 141 Å². The number of amides is 1. The number of nitro groups is 1. The quantitative estimate of drug-likeness (QED) is 0.494. The van der Waals surface area contributed by atoms with Gasteiger partial charge >= 0.3 is 5.63 Å². The molecule has 0 radical (unpaired) electrons. The zero-order chi connectivity index (χ0) is 18.7. The minimum absolute atomic E-state index is 0.0289. The average Bonchev–Trinajstić information content (AvgIpc) is 2.51. The van der Waals surface area contributed by atoms with Gasteiger partial charge in [-0.25, -0.2) is 10.2 Å². The van der Waals surface area contributed by atoms with Crippen LogP contribution in [-0.2, 0) is 0 Å². The summed E-state index contributed by atoms with van der Waals surface area (Å²) in [6, 6.07) is 5.25. The van der Waals surface area contributed by atoms with Gasteiger partial charge in [-0.2, -0.15) is 5.10 Å². The van der Waals surface area contributed by atoms with Gasteiger partial charge in [0.15, 0.2) is 0 Å². The molecular weight excluding hydrogens is 330 g/mol. The molecule has 0 spiro atoms. The van der Waals surface area contributed by atoms with Gasteiger partial charge in [0, 0.05) is 23.3 Å². The van der Waals surface area contributed by atoms with E-state index in [0.717, 1.165) is 6.07 Å². The average molecular weight is 345 g/mol. The third kappa shape index (κ3) is 3.89. The van der Waals surface area contributed by atoms with Gasteiger partial charge in [0.2, 0.25) is 0 Å². The Hall–Kier alpha value is -3.49. The van der Waals surface area contributed by atoms with Crippen molar-refractivity contribution in [1.82, 2.24) is 5.43 Å². The van der Waals surface area contributed by atoms with Gasteiger partial charge in [0.05, 0.1) is 10.6 Å². The highest BCUT2D eigenvalue weighted by atomic mass is 16.6. The van der Waals surface area contributed by atoms with Crippen LogP contribution in [0.3, 0.4) is 0 Å². The second-order valence-electron chi connectivity index (χ2n) is 5.30. The molecule has 9 heteroatoms. The van der Waals surface area contributed by atoms with Crippen LogP contribution in [-0.4, -0.2) is 21.6 Å². The molecule has 1 aromatic carbocycles. The largest absolute Gasteiger partial charge is 0.507 e. The maximum Gasteiger partial charge on any atom is 0.348 e. The van der Waals surface area contributed by atoms with Crippen molar-refractivity contribution >= 4 is 17.3 Å². The van der Waals surface area contributed by atoms with Crippen LogP contribution in [0.25, 0.3) is 0 Å². The van der Waals surface area contributed by atoms with Gasteiger partial charge in [-0.05, 0) is 26.8 Å². The molecule has 0 aliphatic rings. The zero-order valence-electron chi connectivity index (χ0n) is 13.7. The first-order valence-corrected chi connectivity index (χ1v) is 7.14. The predicted molar refractivity (Wildman–Crippen MR) is 88.9 cm³/mol. The van der Waals surface area contributed by atoms with E-state index in [2.05, 4.69) is 10.5 Å². The molecule has 1 aromatic heterocycles. The molecule has 9 nitrogen and oxygen atoms in total. The summed E-state index contributed by atoms with van der Waals surface area (Å²) in [5, 5.41) is 24.5. The molecule has 2 rings (SSSR count). The number of aromatic hydroxyl groups is 1. The van der Waals surface area contributed by atoms with Crippen molar-refractivity contribution < 1.29 is 19.2 Å². The van der Waals surface area contributed by atoms with Crippen molar-refractivity contribution in [3.63, 3.8) is 0 Å². The van der Waals surface area contributed by atoms with E-state index in [1.54, 1.807) is 6.92 Å². The van der Waals surface area contributed by atoms with Crippen molar-refractivity contribution in [3.8, 4) is 5.75 Å². The lowest BCUT2D eigenvalue weighted by atomic mass is 10.1. The first-order chi connectivity index (χ1) is 11.7. The molecule has 0 aliphatic carbocycles. The fraction of sp³-hybridized carbons (Fsp3) is 0.188. The van der Waals surface area contributed by atoms with Crippen LogP contribution in [0.5, 0.6) is 5.75 Å². The molecule has 0 unspecified atom stereocenters. The number of aryl methyl sites for hydroxylation is 2. The van der Waals surface area contributed by atoms with Gasteiger partial charge in [-0.3, -0.25) is 14.9 Å². The van der Waals surface area contributed by atoms with E-state index in [1.165, 1.54) is 32.0 Å². The highest BCUT2D eigenvalue weighted by Crippen LogP contribution is 2.19. The molecule has 0 saturated heterocycles. The monoisotopic (exact) mass is 345 g/mol. The number of nitrogens with one attached hydrogen (secondary N) is 1. The van der Waals surface area contributed by atoms with Gasteiger partial charge < -0.3 is 9.52 Å². The molecule has 2 N–H and O–H groups in total. The van der Waals surface area contributed by atoms with Crippen LogP contribution in [0.4, 0.5) is 5.69 Å². The van der Waals surface area contributed by atoms with Crippen molar-refractivity contribution in [3.05, 3.63) is 67.3 Å². The van der Waals surface area contributed by atoms with E-state index in [4.69, 9.17) is 4.42 Å². The molecule has 25 heavy (non-hydrogen) atoms. The Balaban J connectivity index is 2.27. The molecule has 0 atom stereocenters. The second kappa shape index (κ2) is 6.95. The number of carbonyl (C=O) groups excluding carboxylic acids is 1. The Bertz CT molecular complexity index is 945. The lowest BCUT2D eigenvalue weighted by Crippen LogP contribution is -2.21. The lowest BCUT2D eigenvalue weighted by molar-refractivity contribution is -0.385. The van der Waals surface area contributed by atoms with Crippen LogP contribution < -0.4 is 11.1 Å². The van der Waals surface area contributed by atoms with E-state index in [0.29, 0.717) is 5.56 Å². The third-order valence-corrected chi connectivity index (χ3v) is 3.41. The Morgan fingerprint density at radius 2 is 2.00 bits per heavy atom. The Morgan fingerprint density at radius 1 is 1.32 bits per heavy atom. The summed E-state index contributed by atoms with van der Waals surface area (Å²) < 4.78 is 4.87. The fourth-order valence-electron chi connectivity index (χ4n) is 2.13. The summed E-state index contributed by atoms with van der Waals surface area (Å²) in [4.78, 5) is 34.2. The maximum atomic E-state index is 12.1. The van der Waals surface area contributed by atoms with Crippen LogP contribution in [0.2, 0.25) is 0 Å². The molecule has 130 valence electrons. The predicted octanol–water partition coefficient (Wildman–Crippen LogP) is 2.02. The van der Waals surface area contributed by atoms with Crippen molar-refractivity contribution in [2.75, 3.05) is 0 Å². The first-order valence-electron chi connectivity index (χ1n) is 7.14. The third-order valence-electron chi connectivity index (χ3n) is 3.41. The second-order valence-corrected chi connectivity index (χ2v) is 5.30. The molecule has 2 aromatic rings. The van der Waals surface area contributed by atoms with Crippen molar-refractivity contribution in [2.24, 2.45) is 5.10 Å². The number of carbonyl (C=O) groups is 1. The van der Waals surface area contributed by atoms with E-state index in [1.807, 2.05) is 0 Å². The van der Waals surface area contributed by atoms with Gasteiger partial charge in [0.25, 0.3) is 11.6 Å². The van der Waals surface area contributed by atoms with E-state index in [-0.39, 0.29) is 34.0 Å². The summed E-state index contributed by atoms with van der Waals surface area (Å²) in [7, 11) is 0. The minimum atomic E-state index is -0.793. The molecule has 1 heterocycles. The number of hydrogen-bond donors (Lipinski definition) is 2. The van der Waals surface area contributed by atoms with Crippen molar-refractivity contribution in [1.29, 1.82) is 0 Å². The van der Waals surface area contributed by atoms with Crippen LogP contribution in [0, 0.1) is 24.0 Å². The maximum absolute atomic E-state index is 12.1. The van der Waals surface area contributed by atoms with E-state index >= 15 is 0 Å². The highest BCUT2D eigenvalue weighted by molar-refractivity contribution is 6.02. The van der Waals surface area contributed by atoms with Gasteiger partial charge in [-0.1, -0.05) is 6.07 Å². The number of benzene rings is 1. The smallest absolute Gasteiger partial charge is 0.348 e. The molecule has 0 aliphatic heterocycles. The first kappa shape index (κ1) is 17.9. The van der Waals surface area contributed by atoms with Crippen LogP contribution in [0.15, 0.2) is 38.6 Å². The number of hydrogen-bond acceptors (Lipinski definition) is 7. The molecule has 0 bridgehead atoms. The molecular formula is C16H15N3O6. The van der Waals surface area contributed by atoms with Gasteiger partial charge in [0.1, 0.15) is 17.1 Å². The number of hydrazone groups is 1. The fourth-order valence-corrected chi connectivity index (χ4v) is 2.13. The summed E-state index contributed by atoms with van der Waals surface area (Å²) in [5.41, 5.74) is 1.51. The summed E-state index contributed by atoms with van der Waals surface area (Å²) >= 11 is 0. The lowest BCUT2D eigenvalue weighted by Gasteiger charge is -2.05.